The van der Waals surface area contributed by atoms with Crippen molar-refractivity contribution < 1.29 is 13.9 Å². The number of thiophene rings is 1. The number of ether oxygens (including phenoxy) is 1. The van der Waals surface area contributed by atoms with E-state index in [4.69, 9.17) is 28.6 Å². The van der Waals surface area contributed by atoms with Crippen molar-refractivity contribution in [1.29, 1.82) is 0 Å². The number of esters is 1. The average molecular weight is 515 g/mol. The van der Waals surface area contributed by atoms with Crippen molar-refractivity contribution in [1.82, 2.24) is 9.78 Å². The quantitative estimate of drug-likeness (QED) is 0.218. The van der Waals surface area contributed by atoms with Crippen LogP contribution in [-0.4, -0.2) is 27.5 Å². The van der Waals surface area contributed by atoms with E-state index in [2.05, 4.69) is 15.7 Å². The summed E-state index contributed by atoms with van der Waals surface area (Å²) in [4.78, 5) is 13.4. The summed E-state index contributed by atoms with van der Waals surface area (Å²) in [6.45, 7) is 2.19. The lowest BCUT2D eigenvalue weighted by Gasteiger charge is -2.09. The van der Waals surface area contributed by atoms with Crippen LogP contribution in [0.15, 0.2) is 66.9 Å². The minimum absolute atomic E-state index is 0.172. The van der Waals surface area contributed by atoms with Gasteiger partial charge in [-0.1, -0.05) is 48.0 Å². The van der Waals surface area contributed by atoms with Gasteiger partial charge in [0, 0.05) is 27.7 Å². The van der Waals surface area contributed by atoms with E-state index in [9.17, 15) is 9.18 Å². The first kappa shape index (κ1) is 23.9. The second-order valence-electron chi connectivity index (χ2n) is 7.12. The van der Waals surface area contributed by atoms with E-state index >= 15 is 0 Å². The van der Waals surface area contributed by atoms with Gasteiger partial charge in [0.1, 0.15) is 10.8 Å². The highest BCUT2D eigenvalue weighted by atomic mass is 35.5. The number of nitrogens with zero attached hydrogens (tertiary/aromatic N) is 2. The third-order valence-corrected chi connectivity index (χ3v) is 6.43. The number of hydrogen-bond donors (Lipinski definition) is 2. The minimum atomic E-state index is -0.433. The highest BCUT2D eigenvalue weighted by Gasteiger charge is 2.19. The Kier molecular flexibility index (Phi) is 7.56. The van der Waals surface area contributed by atoms with Gasteiger partial charge in [-0.2, -0.15) is 5.10 Å². The maximum Gasteiger partial charge on any atom is 0.341 e. The third kappa shape index (κ3) is 5.61. The molecule has 4 aromatic rings. The Labute approximate surface area is 210 Å². The first-order chi connectivity index (χ1) is 16.4. The summed E-state index contributed by atoms with van der Waals surface area (Å²) in [7, 11) is 0. The van der Waals surface area contributed by atoms with Crippen molar-refractivity contribution in [3.63, 3.8) is 0 Å². The van der Waals surface area contributed by atoms with Crippen LogP contribution in [0.5, 0.6) is 0 Å². The Balaban J connectivity index is 1.49. The molecule has 0 radical (unpaired) electrons. The van der Waals surface area contributed by atoms with Gasteiger partial charge in [0.05, 0.1) is 18.7 Å². The molecule has 2 aromatic heterocycles. The predicted octanol–water partition coefficient (Wildman–Crippen LogP) is 6.44. The van der Waals surface area contributed by atoms with E-state index in [1.807, 2.05) is 30.3 Å². The van der Waals surface area contributed by atoms with Crippen LogP contribution in [0.3, 0.4) is 0 Å². The number of aromatic nitrogens is 2. The molecule has 2 heterocycles. The van der Waals surface area contributed by atoms with Crippen LogP contribution in [-0.2, 0) is 11.3 Å². The van der Waals surface area contributed by atoms with Gasteiger partial charge in [0.25, 0.3) is 0 Å². The lowest BCUT2D eigenvalue weighted by atomic mass is 10.1. The molecule has 174 valence electrons. The van der Waals surface area contributed by atoms with Crippen molar-refractivity contribution in [2.45, 2.75) is 13.5 Å². The standard InChI is InChI=1S/C24H20ClFN4O2S2/c1-2-32-23(31)16-13-20(15-7-4-3-5-8-15)34-22(16)28-24(33)27-21-11-12-30(29-21)14-17-18(25)9-6-10-19(17)26/h3-13H,2,14H2,1H3,(H2,27,28,29,33). The summed E-state index contributed by atoms with van der Waals surface area (Å²) in [6, 6.07) is 17.8. The molecule has 0 atom stereocenters. The number of thiocarbonyl (C=S) groups is 1. The molecule has 0 aliphatic heterocycles. The highest BCUT2D eigenvalue weighted by Crippen LogP contribution is 2.36. The highest BCUT2D eigenvalue weighted by molar-refractivity contribution is 7.80. The second kappa shape index (κ2) is 10.8. The lowest BCUT2D eigenvalue weighted by Crippen LogP contribution is -2.20. The average Bonchev–Trinajstić information content (AvgIpc) is 3.44. The van der Waals surface area contributed by atoms with Gasteiger partial charge in [-0.3, -0.25) is 4.68 Å². The first-order valence-electron chi connectivity index (χ1n) is 10.4. The van der Waals surface area contributed by atoms with Crippen molar-refractivity contribution in [3.8, 4) is 10.4 Å². The van der Waals surface area contributed by atoms with Gasteiger partial charge in [0.2, 0.25) is 0 Å². The lowest BCUT2D eigenvalue weighted by molar-refractivity contribution is 0.0528. The zero-order chi connectivity index (χ0) is 24.1. The molecule has 0 bridgehead atoms. The van der Waals surface area contributed by atoms with E-state index < -0.39 is 11.8 Å². The normalized spacial score (nSPS) is 10.7. The summed E-state index contributed by atoms with van der Waals surface area (Å²) in [6.07, 6.45) is 1.69. The molecule has 0 saturated heterocycles. The van der Waals surface area contributed by atoms with Crippen molar-refractivity contribution in [2.24, 2.45) is 0 Å². The summed E-state index contributed by atoms with van der Waals surface area (Å²) < 4.78 is 20.8. The molecule has 2 aromatic carbocycles. The fourth-order valence-electron chi connectivity index (χ4n) is 3.20. The molecular weight excluding hydrogens is 495 g/mol. The monoisotopic (exact) mass is 514 g/mol. The molecule has 2 N–H and O–H groups in total. The number of anilines is 2. The Morgan fingerprint density at radius 2 is 1.97 bits per heavy atom. The predicted molar refractivity (Wildman–Crippen MR) is 138 cm³/mol. The van der Waals surface area contributed by atoms with E-state index in [1.54, 1.807) is 42.1 Å². The summed E-state index contributed by atoms with van der Waals surface area (Å²) >= 11 is 12.9. The van der Waals surface area contributed by atoms with E-state index in [0.717, 1.165) is 10.4 Å². The number of halogens is 2. The van der Waals surface area contributed by atoms with Gasteiger partial charge in [0.15, 0.2) is 10.9 Å². The number of nitrogens with one attached hydrogen (secondary N) is 2. The van der Waals surface area contributed by atoms with Crippen LogP contribution in [0.1, 0.15) is 22.8 Å². The molecule has 4 rings (SSSR count). The molecule has 0 amide bonds. The van der Waals surface area contributed by atoms with Crippen molar-refractivity contribution >= 4 is 57.1 Å². The number of rotatable bonds is 7. The Morgan fingerprint density at radius 3 is 2.71 bits per heavy atom. The topological polar surface area (TPSA) is 68.2 Å². The fourth-order valence-corrected chi connectivity index (χ4v) is 4.75. The number of carbonyl (C=O) groups excluding carboxylic acids is 1. The molecule has 0 saturated carbocycles. The van der Waals surface area contributed by atoms with Crippen LogP contribution in [0.4, 0.5) is 15.2 Å². The molecule has 0 spiro atoms. The van der Waals surface area contributed by atoms with Crippen molar-refractivity contribution in [2.75, 3.05) is 17.2 Å². The fraction of sp³-hybridized carbons (Fsp3) is 0.125. The molecule has 10 heteroatoms. The van der Waals surface area contributed by atoms with Gasteiger partial charge >= 0.3 is 5.97 Å². The third-order valence-electron chi connectivity index (χ3n) is 4.78. The van der Waals surface area contributed by atoms with Crippen molar-refractivity contribution in [3.05, 3.63) is 88.8 Å². The Morgan fingerprint density at radius 1 is 1.18 bits per heavy atom. The molecule has 0 aliphatic rings. The Hall–Kier alpha value is -3.27. The van der Waals surface area contributed by atoms with E-state index in [1.165, 1.54) is 17.4 Å². The largest absolute Gasteiger partial charge is 0.462 e. The molecule has 0 aliphatic carbocycles. The zero-order valence-corrected chi connectivity index (χ0v) is 20.4. The minimum Gasteiger partial charge on any atom is -0.462 e. The summed E-state index contributed by atoms with van der Waals surface area (Å²) in [5.74, 6) is -0.368. The summed E-state index contributed by atoms with van der Waals surface area (Å²) in [5, 5.41) is 11.6. The van der Waals surface area contributed by atoms with E-state index in [-0.39, 0.29) is 18.3 Å². The van der Waals surface area contributed by atoms with Crippen LogP contribution >= 0.6 is 35.2 Å². The van der Waals surface area contributed by atoms with Crippen LogP contribution in [0.2, 0.25) is 5.02 Å². The first-order valence-corrected chi connectivity index (χ1v) is 12.0. The van der Waals surface area contributed by atoms with Gasteiger partial charge in [-0.05, 0) is 42.9 Å². The molecule has 6 nitrogen and oxygen atoms in total. The zero-order valence-electron chi connectivity index (χ0n) is 18.0. The number of benzene rings is 2. The molecule has 0 unspecified atom stereocenters. The number of carbonyl (C=O) groups is 1. The second-order valence-corrected chi connectivity index (χ2v) is 8.99. The SMILES string of the molecule is CCOC(=O)c1cc(-c2ccccc2)sc1NC(=S)Nc1ccn(Cc2c(F)cccc2Cl)n1. The van der Waals surface area contributed by atoms with Gasteiger partial charge < -0.3 is 15.4 Å². The van der Waals surface area contributed by atoms with Crippen LogP contribution in [0, 0.1) is 5.82 Å². The maximum absolute atomic E-state index is 14.1. The molecule has 0 fully saturated rings. The van der Waals surface area contributed by atoms with Crippen LogP contribution in [0.25, 0.3) is 10.4 Å². The summed E-state index contributed by atoms with van der Waals surface area (Å²) in [5.41, 5.74) is 1.73. The number of hydrogen-bond acceptors (Lipinski definition) is 5. The van der Waals surface area contributed by atoms with E-state index in [0.29, 0.717) is 27.0 Å². The smallest absolute Gasteiger partial charge is 0.341 e. The van der Waals surface area contributed by atoms with Crippen LogP contribution < -0.4 is 10.6 Å². The molecule has 34 heavy (non-hydrogen) atoms. The van der Waals surface area contributed by atoms with Gasteiger partial charge in [-0.15, -0.1) is 11.3 Å². The van der Waals surface area contributed by atoms with Gasteiger partial charge in [-0.25, -0.2) is 9.18 Å². The Bertz CT molecular complexity index is 1300. The maximum atomic E-state index is 14.1. The molecular formula is C24H20ClFN4O2S2.